The van der Waals surface area contributed by atoms with Gasteiger partial charge in [0.15, 0.2) is 11.5 Å². The number of hydrogen-bond donors (Lipinski definition) is 3. The number of benzene rings is 1. The van der Waals surface area contributed by atoms with Crippen LogP contribution in [-0.4, -0.2) is 15.3 Å². The number of aromatic hydroxyl groups is 2. The molecule has 1 aromatic carbocycles. The van der Waals surface area contributed by atoms with Crippen molar-refractivity contribution in [1.82, 2.24) is 0 Å². The van der Waals surface area contributed by atoms with Crippen molar-refractivity contribution in [3.8, 4) is 11.5 Å². The summed E-state index contributed by atoms with van der Waals surface area (Å²) in [5, 5.41) is 28.2. The third-order valence-electron chi connectivity index (χ3n) is 1.94. The molecule has 3 N–H and O–H groups in total. The Morgan fingerprint density at radius 1 is 1.38 bits per heavy atom. The van der Waals surface area contributed by atoms with Gasteiger partial charge in [-0.05, 0) is 19.4 Å². The maximum absolute atomic E-state index is 9.40. The first-order valence-corrected chi connectivity index (χ1v) is 4.22. The van der Waals surface area contributed by atoms with Crippen LogP contribution in [0.1, 0.15) is 24.2 Å². The van der Waals surface area contributed by atoms with Gasteiger partial charge in [0.2, 0.25) is 0 Å². The Kier molecular flexibility index (Phi) is 2.68. The van der Waals surface area contributed by atoms with Crippen LogP contribution in [0.25, 0.3) is 0 Å². The van der Waals surface area contributed by atoms with E-state index in [1.54, 1.807) is 6.92 Å². The molecule has 0 radical (unpaired) electrons. The summed E-state index contributed by atoms with van der Waals surface area (Å²) in [4.78, 5) is 0. The fraction of sp³-hybridized carbons (Fsp3) is 0.333. The third-order valence-corrected chi connectivity index (χ3v) is 2.33. The maximum atomic E-state index is 9.40. The summed E-state index contributed by atoms with van der Waals surface area (Å²) in [5.41, 5.74) is 0.844. The highest BCUT2D eigenvalue weighted by Gasteiger charge is 2.16. The van der Waals surface area contributed by atoms with Gasteiger partial charge in [-0.25, -0.2) is 0 Å². The summed E-state index contributed by atoms with van der Waals surface area (Å²) < 4.78 is 0. The molecule has 0 saturated heterocycles. The highest BCUT2D eigenvalue weighted by Crippen LogP contribution is 2.39. The van der Waals surface area contributed by atoms with E-state index in [-0.39, 0.29) is 17.1 Å². The minimum absolute atomic E-state index is 0.269. The van der Waals surface area contributed by atoms with Crippen LogP contribution in [0.15, 0.2) is 6.07 Å². The van der Waals surface area contributed by atoms with Crippen LogP contribution in [0, 0.1) is 6.92 Å². The van der Waals surface area contributed by atoms with E-state index in [1.165, 1.54) is 13.0 Å². The number of rotatable bonds is 1. The first-order valence-electron chi connectivity index (χ1n) is 3.84. The van der Waals surface area contributed by atoms with E-state index in [1.807, 2.05) is 0 Å². The first kappa shape index (κ1) is 10.2. The van der Waals surface area contributed by atoms with Crippen molar-refractivity contribution in [3.05, 3.63) is 22.2 Å². The van der Waals surface area contributed by atoms with Gasteiger partial charge >= 0.3 is 0 Å². The predicted octanol–water partition coefficient (Wildman–Crippen LogP) is 2.11. The van der Waals surface area contributed by atoms with Crippen LogP contribution < -0.4 is 0 Å². The third kappa shape index (κ3) is 1.71. The molecule has 0 amide bonds. The normalized spacial score (nSPS) is 12.9. The van der Waals surface area contributed by atoms with Crippen molar-refractivity contribution in [2.45, 2.75) is 20.0 Å². The molecule has 0 aromatic heterocycles. The molecule has 0 bridgehead atoms. The highest BCUT2D eigenvalue weighted by atomic mass is 35.5. The van der Waals surface area contributed by atoms with E-state index < -0.39 is 6.10 Å². The second-order valence-corrected chi connectivity index (χ2v) is 3.35. The standard InChI is InChI=1S/C9H11ClO3/c1-4-6(10)3-7(12)9(13)8(4)5(2)11/h3,5,11-13H,1-2H3. The lowest BCUT2D eigenvalue weighted by Crippen LogP contribution is -1.96. The molecule has 0 heterocycles. The van der Waals surface area contributed by atoms with E-state index in [2.05, 4.69) is 0 Å². The molecule has 0 aliphatic carbocycles. The SMILES string of the molecule is Cc1c(Cl)cc(O)c(O)c1C(C)O. The van der Waals surface area contributed by atoms with E-state index in [4.69, 9.17) is 11.6 Å². The minimum atomic E-state index is -0.857. The van der Waals surface area contributed by atoms with Crippen molar-refractivity contribution in [3.63, 3.8) is 0 Å². The maximum Gasteiger partial charge on any atom is 0.163 e. The number of aliphatic hydroxyl groups is 1. The summed E-state index contributed by atoms with van der Waals surface area (Å²) in [7, 11) is 0. The predicted molar refractivity (Wildman–Crippen MR) is 50.2 cm³/mol. The van der Waals surface area contributed by atoms with E-state index >= 15 is 0 Å². The first-order chi connectivity index (χ1) is 5.95. The lowest BCUT2D eigenvalue weighted by atomic mass is 10.0. The zero-order valence-electron chi connectivity index (χ0n) is 7.37. The molecule has 0 aliphatic heterocycles. The molecule has 0 aliphatic rings. The largest absolute Gasteiger partial charge is 0.504 e. The summed E-state index contributed by atoms with van der Waals surface area (Å²) in [6, 6.07) is 1.25. The van der Waals surface area contributed by atoms with Gasteiger partial charge in [0.1, 0.15) is 0 Å². The average molecular weight is 203 g/mol. The van der Waals surface area contributed by atoms with Crippen molar-refractivity contribution in [2.24, 2.45) is 0 Å². The molecule has 1 unspecified atom stereocenters. The Bertz CT molecular complexity index is 308. The van der Waals surface area contributed by atoms with Crippen LogP contribution in [-0.2, 0) is 0 Å². The van der Waals surface area contributed by atoms with Crippen LogP contribution in [0.5, 0.6) is 11.5 Å². The molecule has 1 rings (SSSR count). The smallest absolute Gasteiger partial charge is 0.163 e. The average Bonchev–Trinajstić information content (AvgIpc) is 2.01. The van der Waals surface area contributed by atoms with Gasteiger partial charge < -0.3 is 15.3 Å². The number of phenols is 2. The fourth-order valence-electron chi connectivity index (χ4n) is 1.25. The molecule has 0 fully saturated rings. The second kappa shape index (κ2) is 3.44. The Morgan fingerprint density at radius 2 is 1.92 bits per heavy atom. The van der Waals surface area contributed by atoms with E-state index in [9.17, 15) is 15.3 Å². The number of aliphatic hydroxyl groups excluding tert-OH is 1. The lowest BCUT2D eigenvalue weighted by Gasteiger charge is -2.13. The van der Waals surface area contributed by atoms with Gasteiger partial charge in [0.05, 0.1) is 6.10 Å². The number of halogens is 1. The number of phenolic OH excluding ortho intramolecular Hbond substituents is 2. The summed E-state index contributed by atoms with van der Waals surface area (Å²) in [6.07, 6.45) is -0.857. The number of hydrogen-bond acceptors (Lipinski definition) is 3. The fourth-order valence-corrected chi connectivity index (χ4v) is 1.46. The van der Waals surface area contributed by atoms with Crippen LogP contribution in [0.4, 0.5) is 0 Å². The summed E-state index contributed by atoms with van der Waals surface area (Å²) in [5.74, 6) is -0.622. The quantitative estimate of drug-likeness (QED) is 0.612. The lowest BCUT2D eigenvalue weighted by molar-refractivity contribution is 0.193. The topological polar surface area (TPSA) is 60.7 Å². The molecule has 0 spiro atoms. The molecule has 1 aromatic rings. The molecule has 13 heavy (non-hydrogen) atoms. The molecule has 0 saturated carbocycles. The van der Waals surface area contributed by atoms with Crippen molar-refractivity contribution >= 4 is 11.6 Å². The molecule has 1 atom stereocenters. The van der Waals surface area contributed by atoms with Crippen molar-refractivity contribution in [1.29, 1.82) is 0 Å². The Morgan fingerprint density at radius 3 is 2.38 bits per heavy atom. The summed E-state index contributed by atoms with van der Waals surface area (Å²) in [6.45, 7) is 3.17. The van der Waals surface area contributed by atoms with Crippen LogP contribution in [0.2, 0.25) is 5.02 Å². The Balaban J connectivity index is 3.46. The van der Waals surface area contributed by atoms with E-state index in [0.717, 1.165) is 0 Å². The minimum Gasteiger partial charge on any atom is -0.504 e. The molecule has 4 heteroatoms. The molecular weight excluding hydrogens is 192 g/mol. The van der Waals surface area contributed by atoms with Gasteiger partial charge in [0.25, 0.3) is 0 Å². The zero-order valence-corrected chi connectivity index (χ0v) is 8.13. The van der Waals surface area contributed by atoms with Gasteiger partial charge in [-0.3, -0.25) is 0 Å². The molecule has 72 valence electrons. The van der Waals surface area contributed by atoms with Crippen molar-refractivity contribution in [2.75, 3.05) is 0 Å². The van der Waals surface area contributed by atoms with Gasteiger partial charge in [-0.1, -0.05) is 11.6 Å². The monoisotopic (exact) mass is 202 g/mol. The van der Waals surface area contributed by atoms with Crippen LogP contribution in [0.3, 0.4) is 0 Å². The Labute approximate surface area is 81.2 Å². The van der Waals surface area contributed by atoms with Gasteiger partial charge in [0, 0.05) is 16.7 Å². The van der Waals surface area contributed by atoms with E-state index in [0.29, 0.717) is 10.6 Å². The van der Waals surface area contributed by atoms with Crippen LogP contribution >= 0.6 is 11.6 Å². The zero-order chi connectivity index (χ0) is 10.2. The molecular formula is C9H11ClO3. The van der Waals surface area contributed by atoms with Gasteiger partial charge in [-0.2, -0.15) is 0 Å². The van der Waals surface area contributed by atoms with Gasteiger partial charge in [-0.15, -0.1) is 0 Å². The summed E-state index contributed by atoms with van der Waals surface area (Å²) >= 11 is 5.75. The Hall–Kier alpha value is -0.930. The highest BCUT2D eigenvalue weighted by molar-refractivity contribution is 6.31. The second-order valence-electron chi connectivity index (χ2n) is 2.94. The molecule has 3 nitrogen and oxygen atoms in total. The van der Waals surface area contributed by atoms with Crippen molar-refractivity contribution < 1.29 is 15.3 Å².